The van der Waals surface area contributed by atoms with Crippen molar-refractivity contribution in [2.24, 2.45) is 5.73 Å². The average Bonchev–Trinajstić information content (AvgIpc) is 3.05. The molecule has 1 aromatic carbocycles. The first-order valence-corrected chi connectivity index (χ1v) is 9.26. The molecule has 0 saturated carbocycles. The average molecular weight is 362 g/mol. The highest BCUT2D eigenvalue weighted by Crippen LogP contribution is 2.29. The Kier molecular flexibility index (Phi) is 7.04. The number of nitrogens with one attached hydrogen (secondary N) is 1. The van der Waals surface area contributed by atoms with Crippen molar-refractivity contribution in [3.8, 4) is 0 Å². The number of nitrogens with zero attached hydrogens (tertiary/aromatic N) is 2. The first-order valence-electron chi connectivity index (χ1n) is 8.44. The zero-order chi connectivity index (χ0) is 18.3. The van der Waals surface area contributed by atoms with Gasteiger partial charge in [0.2, 0.25) is 11.0 Å². The highest BCUT2D eigenvalue weighted by Gasteiger charge is 2.26. The molecule has 1 heterocycles. The maximum absolute atomic E-state index is 12.0. The molecule has 0 aliphatic carbocycles. The van der Waals surface area contributed by atoms with Crippen molar-refractivity contribution in [1.82, 2.24) is 10.2 Å². The van der Waals surface area contributed by atoms with Gasteiger partial charge < -0.3 is 10.5 Å². The summed E-state index contributed by atoms with van der Waals surface area (Å²) in [7, 11) is 0. The van der Waals surface area contributed by atoms with Crippen LogP contribution in [0.4, 0.5) is 5.13 Å². The van der Waals surface area contributed by atoms with E-state index in [1.807, 2.05) is 51.1 Å². The van der Waals surface area contributed by atoms with E-state index in [1.54, 1.807) is 0 Å². The molecule has 136 valence electrons. The smallest absolute Gasteiger partial charge is 0.243 e. The molecule has 0 saturated heterocycles. The Morgan fingerprint density at radius 3 is 2.72 bits per heavy atom. The van der Waals surface area contributed by atoms with Gasteiger partial charge in [0.05, 0.1) is 19.3 Å². The maximum Gasteiger partial charge on any atom is 0.243 e. The first-order chi connectivity index (χ1) is 11.9. The molecule has 6 nitrogen and oxygen atoms in total. The lowest BCUT2D eigenvalue weighted by atomic mass is 9.96. The van der Waals surface area contributed by atoms with E-state index in [1.165, 1.54) is 11.3 Å². The van der Waals surface area contributed by atoms with E-state index < -0.39 is 6.04 Å². The normalized spacial score (nSPS) is 12.8. The van der Waals surface area contributed by atoms with Gasteiger partial charge in [-0.3, -0.25) is 10.1 Å². The maximum atomic E-state index is 12.0. The summed E-state index contributed by atoms with van der Waals surface area (Å²) in [5, 5.41) is 12.3. The summed E-state index contributed by atoms with van der Waals surface area (Å²) in [5.74, 6) is -0.220. The van der Waals surface area contributed by atoms with Crippen LogP contribution in [0, 0.1) is 0 Å². The fourth-order valence-electron chi connectivity index (χ4n) is 2.25. The van der Waals surface area contributed by atoms with Gasteiger partial charge in [-0.2, -0.15) is 0 Å². The van der Waals surface area contributed by atoms with Gasteiger partial charge in [-0.05, 0) is 12.0 Å². The van der Waals surface area contributed by atoms with E-state index in [0.717, 1.165) is 17.0 Å². The number of anilines is 1. The SMILES string of the molecule is CCCC(N)C(=O)Nc1nnc(C(C)(C)COCc2ccccc2)s1. The lowest BCUT2D eigenvalue weighted by Crippen LogP contribution is -2.35. The van der Waals surface area contributed by atoms with Gasteiger partial charge in [0.1, 0.15) is 5.01 Å². The van der Waals surface area contributed by atoms with E-state index >= 15 is 0 Å². The topological polar surface area (TPSA) is 90.1 Å². The molecular formula is C18H26N4O2S. The number of carbonyl (C=O) groups is 1. The number of ether oxygens (including phenoxy) is 1. The predicted octanol–water partition coefficient (Wildman–Crippen LogP) is 3.10. The van der Waals surface area contributed by atoms with Crippen molar-refractivity contribution in [1.29, 1.82) is 0 Å². The molecule has 25 heavy (non-hydrogen) atoms. The van der Waals surface area contributed by atoms with E-state index in [-0.39, 0.29) is 11.3 Å². The lowest BCUT2D eigenvalue weighted by Gasteiger charge is -2.21. The molecule has 1 aromatic heterocycles. The van der Waals surface area contributed by atoms with E-state index in [0.29, 0.717) is 24.8 Å². The molecule has 2 rings (SSSR count). The van der Waals surface area contributed by atoms with Crippen LogP contribution in [0.2, 0.25) is 0 Å². The monoisotopic (exact) mass is 362 g/mol. The Morgan fingerprint density at radius 2 is 2.04 bits per heavy atom. The summed E-state index contributed by atoms with van der Waals surface area (Å²) in [4.78, 5) is 12.0. The summed E-state index contributed by atoms with van der Waals surface area (Å²) in [6.07, 6.45) is 1.51. The Morgan fingerprint density at radius 1 is 1.32 bits per heavy atom. The van der Waals surface area contributed by atoms with Crippen molar-refractivity contribution >= 4 is 22.4 Å². The number of nitrogens with two attached hydrogens (primary N) is 1. The quantitative estimate of drug-likeness (QED) is 0.715. The third-order valence-corrected chi connectivity index (χ3v) is 4.95. The van der Waals surface area contributed by atoms with Crippen LogP contribution < -0.4 is 11.1 Å². The van der Waals surface area contributed by atoms with Crippen LogP contribution in [0.5, 0.6) is 0 Å². The van der Waals surface area contributed by atoms with Gasteiger partial charge in [-0.25, -0.2) is 0 Å². The highest BCUT2D eigenvalue weighted by molar-refractivity contribution is 7.15. The van der Waals surface area contributed by atoms with Crippen molar-refractivity contribution in [3.05, 3.63) is 40.9 Å². The minimum atomic E-state index is -0.514. The fraction of sp³-hybridized carbons (Fsp3) is 0.500. The second kappa shape index (κ2) is 9.03. The minimum absolute atomic E-state index is 0.220. The molecule has 1 unspecified atom stereocenters. The molecule has 3 N–H and O–H groups in total. The Balaban J connectivity index is 1.89. The number of aromatic nitrogens is 2. The van der Waals surface area contributed by atoms with Crippen LogP contribution in [0.3, 0.4) is 0 Å². The molecule has 7 heteroatoms. The van der Waals surface area contributed by atoms with Crippen LogP contribution in [0.25, 0.3) is 0 Å². The number of hydrogen-bond donors (Lipinski definition) is 2. The number of hydrogen-bond acceptors (Lipinski definition) is 6. The van der Waals surface area contributed by atoms with Gasteiger partial charge in [0.25, 0.3) is 0 Å². The van der Waals surface area contributed by atoms with Gasteiger partial charge >= 0.3 is 0 Å². The molecule has 0 fully saturated rings. The predicted molar refractivity (Wildman–Crippen MR) is 101 cm³/mol. The number of carbonyl (C=O) groups excluding carboxylic acids is 1. The van der Waals surface area contributed by atoms with Gasteiger partial charge in [-0.1, -0.05) is 68.9 Å². The summed E-state index contributed by atoms with van der Waals surface area (Å²) >= 11 is 1.36. The van der Waals surface area contributed by atoms with Crippen molar-refractivity contribution in [3.63, 3.8) is 0 Å². The van der Waals surface area contributed by atoms with Gasteiger partial charge in [0, 0.05) is 5.41 Å². The molecule has 1 atom stereocenters. The van der Waals surface area contributed by atoms with Gasteiger partial charge in [-0.15, -0.1) is 10.2 Å². The van der Waals surface area contributed by atoms with Crippen LogP contribution >= 0.6 is 11.3 Å². The first kappa shape index (κ1) is 19.5. The summed E-state index contributed by atoms with van der Waals surface area (Å²) < 4.78 is 5.83. The molecule has 0 bridgehead atoms. The Labute approximate surface area is 152 Å². The van der Waals surface area contributed by atoms with E-state index in [2.05, 4.69) is 15.5 Å². The minimum Gasteiger partial charge on any atom is -0.376 e. The largest absolute Gasteiger partial charge is 0.376 e. The number of rotatable bonds is 9. The van der Waals surface area contributed by atoms with Crippen LogP contribution in [-0.2, 0) is 21.6 Å². The van der Waals surface area contributed by atoms with Crippen LogP contribution in [0.1, 0.15) is 44.2 Å². The standard InChI is InChI=1S/C18H26N4O2S/c1-4-8-14(19)15(23)20-17-22-21-16(25-17)18(2,3)12-24-11-13-9-6-5-7-10-13/h5-7,9-10,14H,4,8,11-12,19H2,1-3H3,(H,20,22,23). The molecule has 2 aromatic rings. The third-order valence-electron chi connectivity index (χ3n) is 3.74. The van der Waals surface area contributed by atoms with Crippen molar-refractivity contribution in [2.75, 3.05) is 11.9 Å². The van der Waals surface area contributed by atoms with E-state index in [9.17, 15) is 4.79 Å². The van der Waals surface area contributed by atoms with E-state index in [4.69, 9.17) is 10.5 Å². The highest BCUT2D eigenvalue weighted by atomic mass is 32.1. The second-order valence-corrected chi connectivity index (χ2v) is 7.64. The molecule has 0 aliphatic heterocycles. The third kappa shape index (κ3) is 5.88. The molecule has 1 amide bonds. The number of amides is 1. The Hall–Kier alpha value is -1.83. The van der Waals surface area contributed by atoms with Gasteiger partial charge in [0.15, 0.2) is 0 Å². The van der Waals surface area contributed by atoms with Crippen molar-refractivity contribution < 1.29 is 9.53 Å². The van der Waals surface area contributed by atoms with Crippen molar-refractivity contribution in [2.45, 2.75) is 51.7 Å². The van der Waals surface area contributed by atoms with Crippen LogP contribution in [0.15, 0.2) is 30.3 Å². The molecule has 0 aliphatic rings. The summed E-state index contributed by atoms with van der Waals surface area (Å²) in [6.45, 7) is 7.16. The summed E-state index contributed by atoms with van der Waals surface area (Å²) in [6, 6.07) is 9.52. The Bertz CT molecular complexity index is 673. The second-order valence-electron chi connectivity index (χ2n) is 6.66. The summed E-state index contributed by atoms with van der Waals surface area (Å²) in [5.41, 5.74) is 6.66. The zero-order valence-corrected chi connectivity index (χ0v) is 15.8. The molecule has 0 spiro atoms. The lowest BCUT2D eigenvalue weighted by molar-refractivity contribution is -0.117. The van der Waals surface area contributed by atoms with Crippen LogP contribution in [-0.4, -0.2) is 28.8 Å². The molecule has 0 radical (unpaired) electrons. The fourth-order valence-corrected chi connectivity index (χ4v) is 3.08. The molecular weight excluding hydrogens is 336 g/mol. The zero-order valence-electron chi connectivity index (χ0n) is 15.0. The number of benzene rings is 1.